The minimum atomic E-state index is -0.141. The number of hydrogen-bond donors (Lipinski definition) is 1. The van der Waals surface area contributed by atoms with Crippen LogP contribution in [-0.4, -0.2) is 61.2 Å². The summed E-state index contributed by atoms with van der Waals surface area (Å²) in [5.41, 5.74) is 5.05. The van der Waals surface area contributed by atoms with Gasteiger partial charge in [0, 0.05) is 37.8 Å². The number of rotatable bonds is 9. The highest BCUT2D eigenvalue weighted by molar-refractivity contribution is 5.94. The summed E-state index contributed by atoms with van der Waals surface area (Å²) in [6.07, 6.45) is 2.63. The van der Waals surface area contributed by atoms with Gasteiger partial charge in [0.2, 0.25) is 5.82 Å². The van der Waals surface area contributed by atoms with E-state index < -0.39 is 0 Å². The number of nitrogens with zero attached hydrogens (tertiary/aromatic N) is 7. The predicted molar refractivity (Wildman–Crippen MR) is 165 cm³/mol. The summed E-state index contributed by atoms with van der Waals surface area (Å²) in [5, 5.41) is 15.0. The third-order valence-corrected chi connectivity index (χ3v) is 7.64. The summed E-state index contributed by atoms with van der Waals surface area (Å²) in [4.78, 5) is 35.0. The van der Waals surface area contributed by atoms with E-state index in [2.05, 4.69) is 27.5 Å². The van der Waals surface area contributed by atoms with Gasteiger partial charge in [0.05, 0.1) is 17.4 Å². The molecule has 0 atom stereocenters. The smallest absolute Gasteiger partial charge is 0.324 e. The molecule has 0 bridgehead atoms. The molecule has 2 heterocycles. The van der Waals surface area contributed by atoms with Gasteiger partial charge in [-0.1, -0.05) is 61.9 Å². The van der Waals surface area contributed by atoms with Crippen molar-refractivity contribution >= 4 is 22.6 Å². The molecule has 0 unspecified atom stereocenters. The van der Waals surface area contributed by atoms with Crippen LogP contribution >= 0.6 is 0 Å². The van der Waals surface area contributed by atoms with Gasteiger partial charge in [-0.3, -0.25) is 14.3 Å². The Bertz CT molecular complexity index is 1740. The van der Waals surface area contributed by atoms with E-state index in [1.165, 1.54) is 0 Å². The lowest BCUT2D eigenvalue weighted by molar-refractivity contribution is 0.206. The number of tetrazole rings is 1. The molecule has 216 valence electrons. The zero-order chi connectivity index (χ0) is 29.8. The number of H-pyrrole nitrogens is 1. The van der Waals surface area contributed by atoms with E-state index in [1.54, 1.807) is 34.5 Å². The Kier molecular flexibility index (Phi) is 8.42. The molecule has 0 radical (unpaired) electrons. The van der Waals surface area contributed by atoms with Crippen LogP contribution in [0.15, 0.2) is 71.5 Å². The number of anilines is 1. The Hall–Kier alpha value is -4.86. The van der Waals surface area contributed by atoms with Crippen LogP contribution in [-0.2, 0) is 13.0 Å². The lowest BCUT2D eigenvalue weighted by atomic mass is 9.98. The first-order valence-electron chi connectivity index (χ1n) is 14.2. The highest BCUT2D eigenvalue weighted by Gasteiger charge is 2.20. The number of amides is 2. The highest BCUT2D eigenvalue weighted by Crippen LogP contribution is 2.30. The summed E-state index contributed by atoms with van der Waals surface area (Å²) in [6.45, 7) is 6.45. The average Bonchev–Trinajstić information content (AvgIpc) is 3.56. The molecule has 10 heteroatoms. The van der Waals surface area contributed by atoms with Gasteiger partial charge in [-0.2, -0.15) is 5.21 Å². The number of hydrogen-bond acceptors (Lipinski definition) is 6. The number of unbranched alkanes of at least 4 members (excludes halogenated alkanes) is 1. The molecule has 5 rings (SSSR count). The van der Waals surface area contributed by atoms with Crippen molar-refractivity contribution in [3.05, 3.63) is 88.5 Å². The molecule has 0 saturated heterocycles. The SMILES string of the molecule is CCCCc1nc2ccc(N(C)C(=O)N(C)C(C)C)cc2c(=O)n1Cc1ccc(-c2ccccc2-c2nn[nH]n2)cc1. The Labute approximate surface area is 245 Å². The molecule has 2 aromatic heterocycles. The second-order valence-electron chi connectivity index (χ2n) is 10.7. The molecule has 0 aliphatic carbocycles. The topological polar surface area (TPSA) is 113 Å². The fourth-order valence-electron chi connectivity index (χ4n) is 4.90. The van der Waals surface area contributed by atoms with E-state index in [0.717, 1.165) is 40.9 Å². The molecule has 0 aliphatic rings. The lowest BCUT2D eigenvalue weighted by Crippen LogP contribution is -2.42. The van der Waals surface area contributed by atoms with Crippen LogP contribution in [0, 0.1) is 0 Å². The van der Waals surface area contributed by atoms with E-state index in [1.807, 2.05) is 74.5 Å². The summed E-state index contributed by atoms with van der Waals surface area (Å²) >= 11 is 0. The Morgan fingerprint density at radius 2 is 1.74 bits per heavy atom. The number of nitrogens with one attached hydrogen (secondary N) is 1. The van der Waals surface area contributed by atoms with E-state index >= 15 is 0 Å². The van der Waals surface area contributed by atoms with Gasteiger partial charge in [-0.15, -0.1) is 10.2 Å². The number of urea groups is 1. The monoisotopic (exact) mass is 564 g/mol. The number of carbonyl (C=O) groups excluding carboxylic acids is 1. The number of fused-ring (bicyclic) bond motifs is 1. The van der Waals surface area contributed by atoms with Gasteiger partial charge in [0.15, 0.2) is 0 Å². The van der Waals surface area contributed by atoms with Crippen LogP contribution < -0.4 is 10.5 Å². The summed E-state index contributed by atoms with van der Waals surface area (Å²) in [7, 11) is 3.50. The number of carbonyl (C=O) groups is 1. The molecule has 1 N–H and O–H groups in total. The first kappa shape index (κ1) is 28.7. The summed E-state index contributed by atoms with van der Waals surface area (Å²) < 4.78 is 1.77. The van der Waals surface area contributed by atoms with Crippen molar-refractivity contribution in [2.75, 3.05) is 19.0 Å². The maximum atomic E-state index is 14.0. The standard InChI is InChI=1S/C32H36N8O2/c1-6-7-12-29-33-28-18-17-24(39(5)32(42)38(4)21(2)3)19-27(28)31(41)40(29)20-22-13-15-23(16-14-22)25-10-8-9-11-26(25)30-34-36-37-35-30/h8-11,13-19,21H,6-7,12,20H2,1-5H3,(H,34,35,36,37). The maximum Gasteiger partial charge on any atom is 0.324 e. The molecule has 0 fully saturated rings. The fourth-order valence-corrected chi connectivity index (χ4v) is 4.90. The van der Waals surface area contributed by atoms with E-state index in [9.17, 15) is 9.59 Å². The number of aromatic nitrogens is 6. The zero-order valence-electron chi connectivity index (χ0n) is 24.7. The average molecular weight is 565 g/mol. The van der Waals surface area contributed by atoms with Crippen molar-refractivity contribution in [1.82, 2.24) is 35.1 Å². The molecule has 0 spiro atoms. The van der Waals surface area contributed by atoms with Crippen LogP contribution in [0.5, 0.6) is 0 Å². The number of aryl methyl sites for hydroxylation is 1. The van der Waals surface area contributed by atoms with E-state index in [-0.39, 0.29) is 17.6 Å². The van der Waals surface area contributed by atoms with E-state index in [4.69, 9.17) is 4.98 Å². The second-order valence-corrected chi connectivity index (χ2v) is 10.7. The first-order valence-corrected chi connectivity index (χ1v) is 14.2. The maximum absolute atomic E-state index is 14.0. The molecule has 2 amide bonds. The normalized spacial score (nSPS) is 11.3. The minimum absolute atomic E-state index is 0.0549. The summed E-state index contributed by atoms with van der Waals surface area (Å²) in [5.74, 6) is 1.30. The second kappa shape index (κ2) is 12.3. The predicted octanol–water partition coefficient (Wildman–Crippen LogP) is 5.53. The molecule has 0 aliphatic heterocycles. The van der Waals surface area contributed by atoms with Crippen LogP contribution in [0.1, 0.15) is 45.0 Å². The summed E-state index contributed by atoms with van der Waals surface area (Å²) in [6, 6.07) is 21.4. The van der Waals surface area contributed by atoms with Crippen LogP contribution in [0.25, 0.3) is 33.4 Å². The van der Waals surface area contributed by atoms with Gasteiger partial charge in [-0.05, 0) is 60.4 Å². The van der Waals surface area contributed by atoms with Crippen molar-refractivity contribution in [3.8, 4) is 22.5 Å². The minimum Gasteiger partial charge on any atom is -0.325 e. The van der Waals surface area contributed by atoms with Crippen molar-refractivity contribution < 1.29 is 4.79 Å². The molecular formula is C32H36N8O2. The van der Waals surface area contributed by atoms with Gasteiger partial charge in [0.25, 0.3) is 5.56 Å². The Morgan fingerprint density at radius 1 is 1.00 bits per heavy atom. The zero-order valence-corrected chi connectivity index (χ0v) is 24.7. The van der Waals surface area contributed by atoms with Crippen LogP contribution in [0.3, 0.4) is 0 Å². The van der Waals surface area contributed by atoms with E-state index in [0.29, 0.717) is 35.4 Å². The Morgan fingerprint density at radius 3 is 2.40 bits per heavy atom. The lowest BCUT2D eigenvalue weighted by Gasteiger charge is -2.28. The Balaban J connectivity index is 1.50. The fraction of sp³-hybridized carbons (Fsp3) is 0.312. The molecular weight excluding hydrogens is 528 g/mol. The number of benzene rings is 3. The molecule has 3 aromatic carbocycles. The molecule has 10 nitrogen and oxygen atoms in total. The van der Waals surface area contributed by atoms with Crippen molar-refractivity contribution in [3.63, 3.8) is 0 Å². The quantitative estimate of drug-likeness (QED) is 0.252. The van der Waals surface area contributed by atoms with Gasteiger partial charge >= 0.3 is 6.03 Å². The van der Waals surface area contributed by atoms with Gasteiger partial charge in [-0.25, -0.2) is 9.78 Å². The molecule has 42 heavy (non-hydrogen) atoms. The number of aromatic amines is 1. The van der Waals surface area contributed by atoms with Crippen molar-refractivity contribution in [1.29, 1.82) is 0 Å². The van der Waals surface area contributed by atoms with Gasteiger partial charge < -0.3 is 4.90 Å². The van der Waals surface area contributed by atoms with Gasteiger partial charge in [0.1, 0.15) is 5.82 Å². The third kappa shape index (κ3) is 5.79. The van der Waals surface area contributed by atoms with Crippen molar-refractivity contribution in [2.24, 2.45) is 0 Å². The highest BCUT2D eigenvalue weighted by atomic mass is 16.2. The van der Waals surface area contributed by atoms with Crippen LogP contribution in [0.4, 0.5) is 10.5 Å². The van der Waals surface area contributed by atoms with Crippen LogP contribution in [0.2, 0.25) is 0 Å². The van der Waals surface area contributed by atoms with Crippen molar-refractivity contribution in [2.45, 2.75) is 52.6 Å². The first-order chi connectivity index (χ1) is 20.3. The largest absolute Gasteiger partial charge is 0.325 e. The molecule has 5 aromatic rings. The molecule has 0 saturated carbocycles. The third-order valence-electron chi connectivity index (χ3n) is 7.64.